The molecule has 0 aromatic rings. The summed E-state index contributed by atoms with van der Waals surface area (Å²) in [6.45, 7) is 0. The molecule has 0 heterocycles. The van der Waals surface area contributed by atoms with Crippen LogP contribution in [0.25, 0.3) is 0 Å². The molecule has 5 heteroatoms. The van der Waals surface area contributed by atoms with Crippen molar-refractivity contribution in [3.63, 3.8) is 0 Å². The average Bonchev–Trinajstić information content (AvgIpc) is 2.22. The summed E-state index contributed by atoms with van der Waals surface area (Å²) in [6.07, 6.45) is 3.87. The second-order valence-electron chi connectivity index (χ2n) is 2.24. The highest BCUT2D eigenvalue weighted by Gasteiger charge is 2.05. The molecule has 0 atom stereocenters. The summed E-state index contributed by atoms with van der Waals surface area (Å²) in [6, 6.07) is 0. The zero-order valence-corrected chi connectivity index (χ0v) is 8.37. The minimum absolute atomic E-state index is 0.236. The van der Waals surface area contributed by atoms with Gasteiger partial charge >= 0.3 is 11.9 Å². The van der Waals surface area contributed by atoms with E-state index >= 15 is 0 Å². The van der Waals surface area contributed by atoms with Crippen molar-refractivity contribution in [1.82, 2.24) is 5.32 Å². The Morgan fingerprint density at radius 1 is 1.14 bits per heavy atom. The highest BCUT2D eigenvalue weighted by molar-refractivity contribution is 5.93. The number of methoxy groups -OCH3 is 2. The van der Waals surface area contributed by atoms with Crippen LogP contribution in [0.5, 0.6) is 0 Å². The Labute approximate surface area is 82.4 Å². The van der Waals surface area contributed by atoms with Crippen molar-refractivity contribution in [2.45, 2.75) is 0 Å². The van der Waals surface area contributed by atoms with Gasteiger partial charge in [0, 0.05) is 19.3 Å². The minimum Gasteiger partial charge on any atom is -0.466 e. The van der Waals surface area contributed by atoms with Crippen molar-refractivity contribution >= 4 is 11.9 Å². The largest absolute Gasteiger partial charge is 0.466 e. The van der Waals surface area contributed by atoms with Gasteiger partial charge in [-0.2, -0.15) is 0 Å². The van der Waals surface area contributed by atoms with Gasteiger partial charge in [-0.25, -0.2) is 9.59 Å². The molecule has 0 amide bonds. The molecule has 0 saturated heterocycles. The summed E-state index contributed by atoms with van der Waals surface area (Å²) in [4.78, 5) is 21.8. The lowest BCUT2D eigenvalue weighted by molar-refractivity contribution is -0.135. The molecule has 0 bridgehead atoms. The predicted molar refractivity (Wildman–Crippen MR) is 50.3 cm³/mol. The summed E-state index contributed by atoms with van der Waals surface area (Å²) >= 11 is 0. The molecule has 0 saturated carbocycles. The van der Waals surface area contributed by atoms with E-state index in [1.54, 1.807) is 7.05 Å². The minimum atomic E-state index is -0.532. The lowest BCUT2D eigenvalue weighted by atomic mass is 10.2. The number of hydrogen-bond donors (Lipinski definition) is 1. The Morgan fingerprint density at radius 2 is 1.79 bits per heavy atom. The highest BCUT2D eigenvalue weighted by Crippen LogP contribution is 1.98. The molecule has 0 aromatic carbocycles. The van der Waals surface area contributed by atoms with E-state index in [1.165, 1.54) is 26.5 Å². The van der Waals surface area contributed by atoms with Crippen LogP contribution < -0.4 is 5.32 Å². The molecule has 0 aliphatic rings. The third-order valence-corrected chi connectivity index (χ3v) is 1.32. The smallest absolute Gasteiger partial charge is 0.339 e. The Kier molecular flexibility index (Phi) is 5.85. The first-order valence-electron chi connectivity index (χ1n) is 3.87. The summed E-state index contributed by atoms with van der Waals surface area (Å²) in [5.41, 5.74) is 0.236. The third-order valence-electron chi connectivity index (χ3n) is 1.32. The van der Waals surface area contributed by atoms with Gasteiger partial charge in [0.25, 0.3) is 0 Å². The maximum absolute atomic E-state index is 11.1. The Morgan fingerprint density at radius 3 is 2.21 bits per heavy atom. The summed E-state index contributed by atoms with van der Waals surface area (Å²) < 4.78 is 8.85. The van der Waals surface area contributed by atoms with E-state index in [9.17, 15) is 9.59 Å². The van der Waals surface area contributed by atoms with E-state index in [0.717, 1.165) is 6.08 Å². The van der Waals surface area contributed by atoms with Gasteiger partial charge in [-0.3, -0.25) is 0 Å². The quantitative estimate of drug-likeness (QED) is 0.392. The van der Waals surface area contributed by atoms with Gasteiger partial charge in [-0.15, -0.1) is 0 Å². The van der Waals surface area contributed by atoms with E-state index in [2.05, 4.69) is 14.8 Å². The topological polar surface area (TPSA) is 64.6 Å². The fourth-order valence-corrected chi connectivity index (χ4v) is 0.674. The molecule has 78 valence electrons. The van der Waals surface area contributed by atoms with Crippen LogP contribution in [0, 0.1) is 0 Å². The Bertz CT molecular complexity index is 268. The van der Waals surface area contributed by atoms with Gasteiger partial charge in [-0.1, -0.05) is 0 Å². The van der Waals surface area contributed by atoms with Crippen LogP contribution in [0.15, 0.2) is 23.9 Å². The zero-order valence-electron chi connectivity index (χ0n) is 8.37. The molecule has 0 unspecified atom stereocenters. The van der Waals surface area contributed by atoms with Crippen molar-refractivity contribution < 1.29 is 19.1 Å². The SMILES string of the molecule is CN/C=C(\C=C\C(=O)OC)C(=O)OC. The van der Waals surface area contributed by atoms with Gasteiger partial charge in [0.15, 0.2) is 0 Å². The number of carbonyl (C=O) groups is 2. The lowest BCUT2D eigenvalue weighted by Gasteiger charge is -1.99. The lowest BCUT2D eigenvalue weighted by Crippen LogP contribution is -2.07. The normalized spacial score (nSPS) is 11.2. The summed E-state index contributed by atoms with van der Waals surface area (Å²) in [7, 11) is 4.15. The van der Waals surface area contributed by atoms with Gasteiger partial charge in [-0.05, 0) is 6.08 Å². The number of carbonyl (C=O) groups excluding carboxylic acids is 2. The molecule has 5 nitrogen and oxygen atoms in total. The molecule has 0 aliphatic carbocycles. The number of nitrogens with one attached hydrogen (secondary N) is 1. The fourth-order valence-electron chi connectivity index (χ4n) is 0.674. The Balaban J connectivity index is 4.54. The first-order valence-corrected chi connectivity index (χ1v) is 3.87. The van der Waals surface area contributed by atoms with E-state index in [0.29, 0.717) is 0 Å². The molecule has 1 N–H and O–H groups in total. The summed E-state index contributed by atoms with van der Waals surface area (Å²) in [5, 5.41) is 2.66. The molecule has 0 radical (unpaired) electrons. The zero-order chi connectivity index (χ0) is 11.0. The van der Waals surface area contributed by atoms with Crippen LogP contribution in [0.3, 0.4) is 0 Å². The standard InChI is InChI=1S/C9H13NO4/c1-10-6-7(9(12)14-3)4-5-8(11)13-2/h4-6,10H,1-3H3/b5-4+,7-6+. The summed E-state index contributed by atoms with van der Waals surface area (Å²) in [5.74, 6) is -1.06. The van der Waals surface area contributed by atoms with Gasteiger partial charge in [0.2, 0.25) is 0 Å². The third kappa shape index (κ3) is 4.30. The van der Waals surface area contributed by atoms with E-state index in [1.807, 2.05) is 0 Å². The molecule has 14 heavy (non-hydrogen) atoms. The van der Waals surface area contributed by atoms with Crippen LogP contribution in [0.2, 0.25) is 0 Å². The maximum atomic E-state index is 11.1. The predicted octanol–water partition coefficient (Wildman–Crippen LogP) is -0.00810. The molecular weight excluding hydrogens is 186 g/mol. The number of hydrogen-bond acceptors (Lipinski definition) is 5. The molecular formula is C9H13NO4. The molecule has 0 aromatic heterocycles. The Hall–Kier alpha value is -1.78. The first-order chi connectivity index (χ1) is 6.65. The van der Waals surface area contributed by atoms with Crippen LogP contribution >= 0.6 is 0 Å². The average molecular weight is 199 g/mol. The van der Waals surface area contributed by atoms with Crippen molar-refractivity contribution in [3.8, 4) is 0 Å². The van der Waals surface area contributed by atoms with E-state index in [4.69, 9.17) is 0 Å². The van der Waals surface area contributed by atoms with Crippen LogP contribution in [0.4, 0.5) is 0 Å². The van der Waals surface area contributed by atoms with Crippen molar-refractivity contribution in [1.29, 1.82) is 0 Å². The van der Waals surface area contributed by atoms with Gasteiger partial charge in [0.1, 0.15) is 0 Å². The van der Waals surface area contributed by atoms with E-state index in [-0.39, 0.29) is 5.57 Å². The number of ether oxygens (including phenoxy) is 2. The highest BCUT2D eigenvalue weighted by atomic mass is 16.5. The molecule has 0 fully saturated rings. The van der Waals surface area contributed by atoms with Crippen LogP contribution in [-0.4, -0.2) is 33.2 Å². The molecule has 0 rings (SSSR count). The van der Waals surface area contributed by atoms with Crippen molar-refractivity contribution in [2.75, 3.05) is 21.3 Å². The van der Waals surface area contributed by atoms with Crippen molar-refractivity contribution in [2.24, 2.45) is 0 Å². The van der Waals surface area contributed by atoms with Gasteiger partial charge < -0.3 is 14.8 Å². The molecule has 0 aliphatic heterocycles. The second kappa shape index (κ2) is 6.71. The van der Waals surface area contributed by atoms with Crippen LogP contribution in [0.1, 0.15) is 0 Å². The maximum Gasteiger partial charge on any atom is 0.339 e. The first kappa shape index (κ1) is 12.2. The molecule has 0 spiro atoms. The van der Waals surface area contributed by atoms with Crippen molar-refractivity contribution in [3.05, 3.63) is 23.9 Å². The monoisotopic (exact) mass is 199 g/mol. The second-order valence-corrected chi connectivity index (χ2v) is 2.24. The number of rotatable bonds is 4. The van der Waals surface area contributed by atoms with Gasteiger partial charge in [0.05, 0.1) is 19.8 Å². The number of esters is 2. The van der Waals surface area contributed by atoms with E-state index < -0.39 is 11.9 Å². The van der Waals surface area contributed by atoms with Crippen LogP contribution in [-0.2, 0) is 19.1 Å². The fraction of sp³-hybridized carbons (Fsp3) is 0.333.